The maximum Gasteiger partial charge on any atom is 0.0921 e. The molecule has 3 nitrogen and oxygen atoms in total. The second-order valence-electron chi connectivity index (χ2n) is 1.43. The van der Waals surface area contributed by atoms with Crippen LogP contribution in [0.3, 0.4) is 0 Å². The Bertz CT molecular complexity index is 122. The second-order valence-corrected chi connectivity index (χ2v) is 1.43. The van der Waals surface area contributed by atoms with Crippen molar-refractivity contribution < 1.29 is 0 Å². The summed E-state index contributed by atoms with van der Waals surface area (Å²) in [6.07, 6.45) is 4.57. The molecular weight excluding hydrogens is 102 g/mol. The zero-order valence-corrected chi connectivity index (χ0v) is 5.02. The average Bonchev–Trinajstić information content (AvgIpc) is 2.14. The van der Waals surface area contributed by atoms with Crippen molar-refractivity contribution in [3.05, 3.63) is 18.2 Å². The zero-order valence-electron chi connectivity index (χ0n) is 5.02. The molecule has 1 rings (SSSR count). The highest BCUT2D eigenvalue weighted by Gasteiger charge is 1.82. The van der Waals surface area contributed by atoms with Gasteiger partial charge in [0, 0.05) is 11.9 Å². The van der Waals surface area contributed by atoms with Crippen molar-refractivity contribution in [2.24, 2.45) is 0 Å². The van der Waals surface area contributed by atoms with Gasteiger partial charge in [-0.05, 0) is 6.42 Å². The third-order valence-electron chi connectivity index (χ3n) is 0.936. The Hall–Kier alpha value is -0.830. The molecule has 0 aliphatic carbocycles. The van der Waals surface area contributed by atoms with Crippen LogP contribution in [-0.2, 0) is 6.42 Å². The van der Waals surface area contributed by atoms with E-state index in [4.69, 9.17) is 0 Å². The van der Waals surface area contributed by atoms with E-state index < -0.39 is 0 Å². The van der Waals surface area contributed by atoms with Gasteiger partial charge in [-0.15, -0.1) is 0 Å². The average molecular weight is 113 g/mol. The van der Waals surface area contributed by atoms with Crippen molar-refractivity contribution >= 4 is 0 Å². The van der Waals surface area contributed by atoms with Crippen molar-refractivity contribution in [2.45, 2.75) is 13.3 Å². The molecule has 0 aliphatic heterocycles. The van der Waals surface area contributed by atoms with Crippen LogP contribution in [-0.4, -0.2) is 9.97 Å². The molecule has 0 amide bonds. The monoisotopic (exact) mass is 113 g/mol. The van der Waals surface area contributed by atoms with E-state index in [1.165, 1.54) is 5.69 Å². The first-order valence-electron chi connectivity index (χ1n) is 2.40. The van der Waals surface area contributed by atoms with Crippen molar-refractivity contribution in [2.75, 3.05) is 0 Å². The number of hydrogen-bond donors (Lipinski definition) is 2. The zero-order chi connectivity index (χ0) is 5.11. The summed E-state index contributed by atoms with van der Waals surface area (Å²) in [5, 5.41) is 0. The highest BCUT2D eigenvalue weighted by molar-refractivity contribution is 4.92. The molecule has 0 fully saturated rings. The minimum absolute atomic E-state index is 0. The SMILES string of the molecule is CCc1cnc[nH]1.N. The highest BCUT2D eigenvalue weighted by Crippen LogP contribution is 1.88. The lowest BCUT2D eigenvalue weighted by Gasteiger charge is -1.79. The number of aromatic nitrogens is 2. The molecule has 0 spiro atoms. The van der Waals surface area contributed by atoms with Gasteiger partial charge in [-0.25, -0.2) is 4.98 Å². The van der Waals surface area contributed by atoms with Crippen LogP contribution in [0.1, 0.15) is 12.6 Å². The summed E-state index contributed by atoms with van der Waals surface area (Å²) < 4.78 is 0. The number of nitrogens with one attached hydrogen (secondary N) is 1. The van der Waals surface area contributed by atoms with E-state index in [-0.39, 0.29) is 6.15 Å². The van der Waals surface area contributed by atoms with Crippen LogP contribution < -0.4 is 6.15 Å². The molecule has 0 saturated carbocycles. The molecule has 1 heterocycles. The number of aryl methyl sites for hydroxylation is 1. The fourth-order valence-corrected chi connectivity index (χ4v) is 0.478. The van der Waals surface area contributed by atoms with Crippen molar-refractivity contribution in [1.29, 1.82) is 0 Å². The van der Waals surface area contributed by atoms with Crippen LogP contribution in [0.2, 0.25) is 0 Å². The van der Waals surface area contributed by atoms with Crippen LogP contribution in [0.5, 0.6) is 0 Å². The smallest absolute Gasteiger partial charge is 0.0921 e. The van der Waals surface area contributed by atoms with E-state index in [1.807, 2.05) is 6.20 Å². The standard InChI is InChI=1S/C5H8N2.H3N/c1-2-5-3-6-4-7-5;/h3-4H,2H2,1H3,(H,6,7);1H3. The normalized spacial score (nSPS) is 8.12. The van der Waals surface area contributed by atoms with Gasteiger partial charge in [0.05, 0.1) is 6.33 Å². The molecule has 0 unspecified atom stereocenters. The predicted octanol–water partition coefficient (Wildman–Crippen LogP) is 1.13. The minimum Gasteiger partial charge on any atom is -0.349 e. The fourth-order valence-electron chi connectivity index (χ4n) is 0.478. The molecule has 1 aromatic rings. The Labute approximate surface area is 48.7 Å². The van der Waals surface area contributed by atoms with Gasteiger partial charge in [-0.3, -0.25) is 0 Å². The molecule has 1 aromatic heterocycles. The van der Waals surface area contributed by atoms with Gasteiger partial charge in [0.25, 0.3) is 0 Å². The van der Waals surface area contributed by atoms with Crippen LogP contribution in [0.15, 0.2) is 12.5 Å². The lowest BCUT2D eigenvalue weighted by Crippen LogP contribution is -1.73. The van der Waals surface area contributed by atoms with Crippen LogP contribution in [0.25, 0.3) is 0 Å². The molecule has 0 bridgehead atoms. The van der Waals surface area contributed by atoms with Gasteiger partial charge < -0.3 is 11.1 Å². The molecule has 0 aromatic carbocycles. The Kier molecular flexibility index (Phi) is 2.88. The Morgan fingerprint density at radius 1 is 1.75 bits per heavy atom. The maximum atomic E-state index is 3.84. The number of imidazole rings is 1. The molecule has 8 heavy (non-hydrogen) atoms. The molecule has 0 atom stereocenters. The number of H-pyrrole nitrogens is 1. The van der Waals surface area contributed by atoms with Gasteiger partial charge >= 0.3 is 0 Å². The number of nitrogens with zero attached hydrogens (tertiary/aromatic N) is 1. The Morgan fingerprint density at radius 3 is 2.75 bits per heavy atom. The van der Waals surface area contributed by atoms with Crippen LogP contribution in [0.4, 0.5) is 0 Å². The summed E-state index contributed by atoms with van der Waals surface area (Å²) in [6.45, 7) is 2.09. The van der Waals surface area contributed by atoms with Gasteiger partial charge in [0.15, 0.2) is 0 Å². The minimum atomic E-state index is 0. The Morgan fingerprint density at radius 2 is 2.50 bits per heavy atom. The summed E-state index contributed by atoms with van der Waals surface area (Å²) in [4.78, 5) is 6.81. The number of aromatic amines is 1. The third kappa shape index (κ3) is 1.35. The summed E-state index contributed by atoms with van der Waals surface area (Å²) >= 11 is 0. The molecule has 4 N–H and O–H groups in total. The molecular formula is C5H11N3. The van der Waals surface area contributed by atoms with Gasteiger partial charge in [-0.2, -0.15) is 0 Å². The van der Waals surface area contributed by atoms with Crippen LogP contribution >= 0.6 is 0 Å². The first-order valence-corrected chi connectivity index (χ1v) is 2.40. The quantitative estimate of drug-likeness (QED) is 0.573. The maximum absolute atomic E-state index is 3.84. The lowest BCUT2D eigenvalue weighted by molar-refractivity contribution is 1.06. The van der Waals surface area contributed by atoms with Gasteiger partial charge in [0.2, 0.25) is 0 Å². The van der Waals surface area contributed by atoms with E-state index in [1.54, 1.807) is 6.33 Å². The molecule has 0 saturated heterocycles. The van der Waals surface area contributed by atoms with Crippen molar-refractivity contribution in [1.82, 2.24) is 16.1 Å². The Balaban J connectivity index is 0.000000490. The highest BCUT2D eigenvalue weighted by atomic mass is 14.8. The first-order chi connectivity index (χ1) is 3.43. The van der Waals surface area contributed by atoms with Crippen LogP contribution in [0, 0.1) is 0 Å². The summed E-state index contributed by atoms with van der Waals surface area (Å²) in [7, 11) is 0. The second kappa shape index (κ2) is 3.21. The number of hydrogen-bond acceptors (Lipinski definition) is 2. The molecule has 0 radical (unpaired) electrons. The summed E-state index contributed by atoms with van der Waals surface area (Å²) in [5.41, 5.74) is 1.19. The predicted molar refractivity (Wildman–Crippen MR) is 33.0 cm³/mol. The van der Waals surface area contributed by atoms with E-state index in [0.717, 1.165) is 6.42 Å². The first kappa shape index (κ1) is 7.17. The third-order valence-corrected chi connectivity index (χ3v) is 0.936. The van der Waals surface area contributed by atoms with Gasteiger partial charge in [-0.1, -0.05) is 6.92 Å². The summed E-state index contributed by atoms with van der Waals surface area (Å²) in [5.74, 6) is 0. The lowest BCUT2D eigenvalue weighted by atomic mass is 10.4. The van der Waals surface area contributed by atoms with E-state index >= 15 is 0 Å². The molecule has 46 valence electrons. The van der Waals surface area contributed by atoms with Gasteiger partial charge in [0.1, 0.15) is 0 Å². The number of rotatable bonds is 1. The molecule has 0 aliphatic rings. The van der Waals surface area contributed by atoms with E-state index in [9.17, 15) is 0 Å². The van der Waals surface area contributed by atoms with Crippen molar-refractivity contribution in [3.63, 3.8) is 0 Å². The largest absolute Gasteiger partial charge is 0.349 e. The topological polar surface area (TPSA) is 63.7 Å². The van der Waals surface area contributed by atoms with E-state index in [0.29, 0.717) is 0 Å². The van der Waals surface area contributed by atoms with E-state index in [2.05, 4.69) is 16.9 Å². The molecule has 3 heteroatoms. The van der Waals surface area contributed by atoms with Crippen molar-refractivity contribution in [3.8, 4) is 0 Å². The summed E-state index contributed by atoms with van der Waals surface area (Å²) in [6, 6.07) is 0. The fraction of sp³-hybridized carbons (Fsp3) is 0.400.